The number of pyridine rings is 1. The molecule has 2 heterocycles. The summed E-state index contributed by atoms with van der Waals surface area (Å²) in [7, 11) is 1.73. The van der Waals surface area contributed by atoms with E-state index >= 15 is 0 Å². The Morgan fingerprint density at radius 3 is 2.93 bits per heavy atom. The van der Waals surface area contributed by atoms with Gasteiger partial charge in [0.25, 0.3) is 0 Å². The first-order valence-corrected chi connectivity index (χ1v) is 5.57. The quantitative estimate of drug-likeness (QED) is 0.723. The molecule has 1 aliphatic rings. The summed E-state index contributed by atoms with van der Waals surface area (Å²) < 4.78 is 0. The van der Waals surface area contributed by atoms with Crippen LogP contribution in [0, 0.1) is 6.92 Å². The maximum Gasteiger partial charge on any atom is 0.238 e. The molecule has 0 radical (unpaired) electrons. The fraction of sp³-hybridized carbons (Fsp3) is 0.300. The molecule has 0 atom stereocenters. The summed E-state index contributed by atoms with van der Waals surface area (Å²) in [6, 6.07) is 5.65. The summed E-state index contributed by atoms with van der Waals surface area (Å²) in [4.78, 5) is 21.4. The number of carbonyl (C=O) groups is 1. The Labute approximate surface area is 92.4 Å². The Hall–Kier alpha value is -1.36. The molecule has 78 valence electrons. The standard InChI is InChI=1S/C10H11N3OS/c1-7-4-3-5-8(11-7)12-10-13(2)9(14)6-15-10/h3-5H,6H2,1-2H3/b12-10-. The predicted molar refractivity (Wildman–Crippen MR) is 61.3 cm³/mol. The van der Waals surface area contributed by atoms with Crippen molar-refractivity contribution in [2.24, 2.45) is 4.99 Å². The maximum absolute atomic E-state index is 11.2. The third kappa shape index (κ3) is 2.18. The highest BCUT2D eigenvalue weighted by molar-refractivity contribution is 8.15. The normalized spacial score (nSPS) is 18.9. The van der Waals surface area contributed by atoms with E-state index in [4.69, 9.17) is 0 Å². The van der Waals surface area contributed by atoms with Crippen LogP contribution in [0.1, 0.15) is 5.69 Å². The Kier molecular flexibility index (Phi) is 2.73. The van der Waals surface area contributed by atoms with Gasteiger partial charge in [-0.3, -0.25) is 9.69 Å². The van der Waals surface area contributed by atoms with Gasteiger partial charge in [0, 0.05) is 12.7 Å². The highest BCUT2D eigenvalue weighted by Crippen LogP contribution is 2.20. The zero-order valence-electron chi connectivity index (χ0n) is 8.60. The van der Waals surface area contributed by atoms with Gasteiger partial charge in [0.2, 0.25) is 5.91 Å². The van der Waals surface area contributed by atoms with E-state index in [0.717, 1.165) is 10.9 Å². The molecule has 1 aliphatic heterocycles. The number of aliphatic imine (C=N–C) groups is 1. The topological polar surface area (TPSA) is 45.6 Å². The van der Waals surface area contributed by atoms with Gasteiger partial charge in [-0.05, 0) is 19.1 Å². The number of carbonyl (C=O) groups excluding carboxylic acids is 1. The van der Waals surface area contributed by atoms with Gasteiger partial charge in [-0.1, -0.05) is 17.8 Å². The highest BCUT2D eigenvalue weighted by atomic mass is 32.2. The van der Waals surface area contributed by atoms with Crippen LogP contribution in [0.3, 0.4) is 0 Å². The lowest BCUT2D eigenvalue weighted by molar-refractivity contribution is -0.123. The highest BCUT2D eigenvalue weighted by Gasteiger charge is 2.24. The van der Waals surface area contributed by atoms with Gasteiger partial charge in [0.1, 0.15) is 0 Å². The van der Waals surface area contributed by atoms with E-state index in [1.807, 2.05) is 25.1 Å². The SMILES string of the molecule is Cc1cccc(/N=C2\SCC(=O)N2C)n1. The number of thioether (sulfide) groups is 1. The minimum absolute atomic E-state index is 0.0893. The van der Waals surface area contributed by atoms with E-state index in [9.17, 15) is 4.79 Å². The summed E-state index contributed by atoms with van der Waals surface area (Å²) in [6.45, 7) is 1.92. The van der Waals surface area contributed by atoms with Crippen molar-refractivity contribution in [1.82, 2.24) is 9.88 Å². The average Bonchev–Trinajstić information content (AvgIpc) is 2.50. The first kappa shape index (κ1) is 10.2. The molecule has 1 fully saturated rings. The van der Waals surface area contributed by atoms with Crippen LogP contribution in [0.15, 0.2) is 23.2 Å². The summed E-state index contributed by atoms with van der Waals surface area (Å²) in [6.07, 6.45) is 0. The lowest BCUT2D eigenvalue weighted by atomic mass is 10.4. The van der Waals surface area contributed by atoms with Gasteiger partial charge in [-0.2, -0.15) is 0 Å². The summed E-state index contributed by atoms with van der Waals surface area (Å²) >= 11 is 1.45. The Morgan fingerprint density at radius 2 is 2.33 bits per heavy atom. The molecular formula is C10H11N3OS. The van der Waals surface area contributed by atoms with Crippen molar-refractivity contribution in [1.29, 1.82) is 0 Å². The van der Waals surface area contributed by atoms with Gasteiger partial charge >= 0.3 is 0 Å². The summed E-state index contributed by atoms with van der Waals surface area (Å²) in [5, 5.41) is 0.720. The molecule has 0 saturated carbocycles. The molecule has 0 bridgehead atoms. The smallest absolute Gasteiger partial charge is 0.238 e. The molecule has 0 aliphatic carbocycles. The zero-order valence-corrected chi connectivity index (χ0v) is 9.41. The number of aromatic nitrogens is 1. The number of rotatable bonds is 1. The van der Waals surface area contributed by atoms with Crippen LogP contribution >= 0.6 is 11.8 Å². The van der Waals surface area contributed by atoms with Crippen molar-refractivity contribution < 1.29 is 4.79 Å². The first-order chi connectivity index (χ1) is 7.16. The number of aryl methyl sites for hydroxylation is 1. The van der Waals surface area contributed by atoms with E-state index in [1.54, 1.807) is 11.9 Å². The molecule has 4 nitrogen and oxygen atoms in total. The number of hydrogen-bond donors (Lipinski definition) is 0. The molecule has 2 rings (SSSR count). The average molecular weight is 221 g/mol. The molecule has 0 N–H and O–H groups in total. The molecule has 1 aromatic heterocycles. The van der Waals surface area contributed by atoms with Crippen molar-refractivity contribution in [2.45, 2.75) is 6.92 Å². The van der Waals surface area contributed by atoms with Gasteiger partial charge in [-0.15, -0.1) is 0 Å². The lowest BCUT2D eigenvalue weighted by Crippen LogP contribution is -2.24. The molecule has 0 spiro atoms. The molecule has 5 heteroatoms. The van der Waals surface area contributed by atoms with Crippen molar-refractivity contribution in [3.63, 3.8) is 0 Å². The summed E-state index contributed by atoms with van der Waals surface area (Å²) in [5.41, 5.74) is 0.925. The van der Waals surface area contributed by atoms with E-state index < -0.39 is 0 Å². The van der Waals surface area contributed by atoms with E-state index in [2.05, 4.69) is 9.98 Å². The molecular weight excluding hydrogens is 210 g/mol. The molecule has 1 amide bonds. The lowest BCUT2D eigenvalue weighted by Gasteiger charge is -2.07. The zero-order chi connectivity index (χ0) is 10.8. The number of nitrogens with zero attached hydrogens (tertiary/aromatic N) is 3. The number of amides is 1. The Morgan fingerprint density at radius 1 is 1.53 bits per heavy atom. The van der Waals surface area contributed by atoms with Gasteiger partial charge in [0.05, 0.1) is 5.75 Å². The largest absolute Gasteiger partial charge is 0.294 e. The van der Waals surface area contributed by atoms with Crippen molar-refractivity contribution >= 4 is 28.7 Å². The Bertz CT molecular complexity index is 430. The second kappa shape index (κ2) is 4.02. The van der Waals surface area contributed by atoms with E-state index in [0.29, 0.717) is 11.6 Å². The van der Waals surface area contributed by atoms with Crippen LogP contribution in [0.2, 0.25) is 0 Å². The van der Waals surface area contributed by atoms with Crippen molar-refractivity contribution in [3.8, 4) is 0 Å². The van der Waals surface area contributed by atoms with Crippen molar-refractivity contribution in [3.05, 3.63) is 23.9 Å². The third-order valence-corrected chi connectivity index (χ3v) is 3.08. The van der Waals surface area contributed by atoms with Crippen LogP contribution in [0.5, 0.6) is 0 Å². The Balaban J connectivity index is 2.27. The van der Waals surface area contributed by atoms with Gasteiger partial charge < -0.3 is 0 Å². The molecule has 15 heavy (non-hydrogen) atoms. The fourth-order valence-corrected chi connectivity index (χ4v) is 2.12. The molecule has 0 aromatic carbocycles. The van der Waals surface area contributed by atoms with Crippen LogP contribution in [0.25, 0.3) is 0 Å². The van der Waals surface area contributed by atoms with Crippen LogP contribution in [0.4, 0.5) is 5.82 Å². The van der Waals surface area contributed by atoms with E-state index in [-0.39, 0.29) is 5.91 Å². The van der Waals surface area contributed by atoms with Gasteiger partial charge in [-0.25, -0.2) is 9.98 Å². The van der Waals surface area contributed by atoms with Crippen molar-refractivity contribution in [2.75, 3.05) is 12.8 Å². The van der Waals surface area contributed by atoms with Crippen LogP contribution in [-0.2, 0) is 4.79 Å². The third-order valence-electron chi connectivity index (χ3n) is 2.07. The minimum atomic E-state index is 0.0893. The number of hydrogen-bond acceptors (Lipinski definition) is 4. The second-order valence-electron chi connectivity index (χ2n) is 3.27. The molecule has 1 saturated heterocycles. The molecule has 0 unspecified atom stereocenters. The monoisotopic (exact) mass is 221 g/mol. The second-order valence-corrected chi connectivity index (χ2v) is 4.22. The predicted octanol–water partition coefficient (Wildman–Crippen LogP) is 1.58. The van der Waals surface area contributed by atoms with Crippen LogP contribution in [-0.4, -0.2) is 33.8 Å². The minimum Gasteiger partial charge on any atom is -0.294 e. The first-order valence-electron chi connectivity index (χ1n) is 4.58. The maximum atomic E-state index is 11.2. The van der Waals surface area contributed by atoms with E-state index in [1.165, 1.54) is 11.8 Å². The van der Waals surface area contributed by atoms with Crippen LogP contribution < -0.4 is 0 Å². The molecule has 1 aromatic rings. The fourth-order valence-electron chi connectivity index (χ4n) is 1.22. The summed E-state index contributed by atoms with van der Waals surface area (Å²) in [5.74, 6) is 1.21. The van der Waals surface area contributed by atoms with Gasteiger partial charge in [0.15, 0.2) is 11.0 Å². The number of amidine groups is 1.